The normalized spacial score (nSPS) is 20.1. The smallest absolute Gasteiger partial charge is 0.238 e. The monoisotopic (exact) mass is 314 g/mol. The van der Waals surface area contributed by atoms with Crippen molar-refractivity contribution in [1.82, 2.24) is 0 Å². The molecule has 2 rings (SSSR count). The van der Waals surface area contributed by atoms with Gasteiger partial charge in [-0.05, 0) is 29.0 Å². The first-order chi connectivity index (χ1) is 9.39. The van der Waals surface area contributed by atoms with Gasteiger partial charge in [0.05, 0.1) is 10.6 Å². The Morgan fingerprint density at radius 2 is 1.76 bits per heavy atom. The van der Waals surface area contributed by atoms with E-state index in [0.29, 0.717) is 0 Å². The molecule has 1 aromatic rings. The lowest BCUT2D eigenvalue weighted by Crippen LogP contribution is -2.19. The number of hydrogen-bond acceptors (Lipinski definition) is 3. The number of benzene rings is 1. The number of nitrogens with one attached hydrogen (secondary N) is 1. The first-order valence-electron chi connectivity index (χ1n) is 6.52. The van der Waals surface area contributed by atoms with Crippen molar-refractivity contribution in [3.05, 3.63) is 24.0 Å². The van der Waals surface area contributed by atoms with E-state index in [0.717, 1.165) is 12.1 Å². The van der Waals surface area contributed by atoms with Crippen LogP contribution in [0.25, 0.3) is 0 Å². The molecule has 0 atom stereocenters. The van der Waals surface area contributed by atoms with Crippen LogP contribution < -0.4 is 10.5 Å². The highest BCUT2D eigenvalue weighted by Gasteiger charge is 2.68. The summed E-state index contributed by atoms with van der Waals surface area (Å²) in [6, 6.07) is 3.17. The van der Waals surface area contributed by atoms with Crippen LogP contribution in [0.2, 0.25) is 0 Å². The maximum Gasteiger partial charge on any atom is 0.238 e. The average molecular weight is 314 g/mol. The van der Waals surface area contributed by atoms with E-state index in [1.165, 1.54) is 6.07 Å². The molecule has 0 aromatic heterocycles. The van der Waals surface area contributed by atoms with Gasteiger partial charge in [-0.2, -0.15) is 0 Å². The van der Waals surface area contributed by atoms with E-state index in [9.17, 15) is 17.6 Å². The summed E-state index contributed by atoms with van der Waals surface area (Å²) < 4.78 is 36.1. The number of rotatable bonds is 3. The van der Waals surface area contributed by atoms with Crippen LogP contribution in [-0.4, -0.2) is 14.3 Å². The maximum atomic E-state index is 13.9. The lowest BCUT2D eigenvalue weighted by atomic mass is 10.0. The molecule has 1 fully saturated rings. The SMILES string of the molecule is CC1(C)C(C(=O)Nc2ccc(S(N)(=O)=O)cc2F)C1(C)C. The first kappa shape index (κ1) is 15.9. The molecule has 0 spiro atoms. The summed E-state index contributed by atoms with van der Waals surface area (Å²) in [7, 11) is -3.96. The number of halogens is 1. The second-order valence-electron chi connectivity index (χ2n) is 6.55. The van der Waals surface area contributed by atoms with Crippen LogP contribution >= 0.6 is 0 Å². The Bertz CT molecular complexity index is 697. The molecule has 21 heavy (non-hydrogen) atoms. The van der Waals surface area contributed by atoms with Gasteiger partial charge in [0.25, 0.3) is 0 Å². The third kappa shape index (κ3) is 2.55. The molecule has 1 saturated carbocycles. The molecule has 7 heteroatoms. The maximum absolute atomic E-state index is 13.9. The fraction of sp³-hybridized carbons (Fsp3) is 0.500. The van der Waals surface area contributed by atoms with Crippen molar-refractivity contribution in [1.29, 1.82) is 0 Å². The lowest BCUT2D eigenvalue weighted by Gasteiger charge is -2.08. The van der Waals surface area contributed by atoms with Crippen LogP contribution in [0.3, 0.4) is 0 Å². The number of carbonyl (C=O) groups is 1. The van der Waals surface area contributed by atoms with Gasteiger partial charge in [0.2, 0.25) is 15.9 Å². The molecule has 0 radical (unpaired) electrons. The highest BCUT2D eigenvalue weighted by molar-refractivity contribution is 7.89. The van der Waals surface area contributed by atoms with E-state index in [4.69, 9.17) is 5.14 Å². The van der Waals surface area contributed by atoms with Crippen molar-refractivity contribution < 1.29 is 17.6 Å². The molecule has 0 unspecified atom stereocenters. The molecular weight excluding hydrogens is 295 g/mol. The second-order valence-corrected chi connectivity index (χ2v) is 8.11. The van der Waals surface area contributed by atoms with Crippen molar-refractivity contribution in [3.63, 3.8) is 0 Å². The first-order valence-corrected chi connectivity index (χ1v) is 8.07. The number of hydrogen-bond donors (Lipinski definition) is 2. The molecule has 0 bridgehead atoms. The van der Waals surface area contributed by atoms with E-state index in [1.807, 2.05) is 27.7 Å². The Hall–Kier alpha value is -1.47. The Kier molecular flexibility index (Phi) is 3.42. The molecule has 1 aliphatic carbocycles. The van der Waals surface area contributed by atoms with E-state index in [-0.39, 0.29) is 33.2 Å². The van der Waals surface area contributed by atoms with Gasteiger partial charge in [-0.25, -0.2) is 17.9 Å². The summed E-state index contributed by atoms with van der Waals surface area (Å²) >= 11 is 0. The number of primary sulfonamides is 1. The van der Waals surface area contributed by atoms with E-state index in [1.54, 1.807) is 0 Å². The summed E-state index contributed by atoms with van der Waals surface area (Å²) in [5.74, 6) is -1.32. The van der Waals surface area contributed by atoms with Crippen molar-refractivity contribution in [3.8, 4) is 0 Å². The zero-order chi connectivity index (χ0) is 16.2. The van der Waals surface area contributed by atoms with Crippen molar-refractivity contribution in [2.24, 2.45) is 21.9 Å². The third-order valence-electron chi connectivity index (χ3n) is 4.81. The average Bonchev–Trinajstić information content (AvgIpc) is 2.70. The highest BCUT2D eigenvalue weighted by atomic mass is 32.2. The molecule has 0 saturated heterocycles. The number of amides is 1. The fourth-order valence-corrected chi connectivity index (χ4v) is 3.36. The minimum Gasteiger partial charge on any atom is -0.323 e. The van der Waals surface area contributed by atoms with E-state index in [2.05, 4.69) is 5.32 Å². The van der Waals surface area contributed by atoms with E-state index >= 15 is 0 Å². The highest BCUT2D eigenvalue weighted by Crippen LogP contribution is 2.68. The predicted molar refractivity (Wildman–Crippen MR) is 77.5 cm³/mol. The summed E-state index contributed by atoms with van der Waals surface area (Å²) in [6.45, 7) is 7.94. The molecule has 5 nitrogen and oxygen atoms in total. The van der Waals surface area contributed by atoms with Crippen LogP contribution in [0.5, 0.6) is 0 Å². The van der Waals surface area contributed by atoms with Gasteiger partial charge in [0.1, 0.15) is 5.82 Å². The molecule has 1 amide bonds. The minimum atomic E-state index is -3.96. The molecule has 1 aliphatic rings. The molecule has 1 aromatic carbocycles. The Labute approximate surface area is 123 Å². The summed E-state index contributed by atoms with van der Waals surface area (Å²) in [5.41, 5.74) is -0.367. The summed E-state index contributed by atoms with van der Waals surface area (Å²) in [4.78, 5) is 11.9. The quantitative estimate of drug-likeness (QED) is 0.895. The standard InChI is InChI=1S/C14H19FN2O3S/c1-13(2)11(14(13,3)4)12(18)17-10-6-5-8(7-9(10)15)21(16,19)20/h5-7,11H,1-4H3,(H,17,18)(H2,16,19,20). The zero-order valence-electron chi connectivity index (χ0n) is 12.4. The van der Waals surface area contributed by atoms with Gasteiger partial charge >= 0.3 is 0 Å². The largest absolute Gasteiger partial charge is 0.323 e. The number of carbonyl (C=O) groups excluding carboxylic acids is 1. The van der Waals surface area contributed by atoms with Crippen LogP contribution in [0.4, 0.5) is 10.1 Å². The van der Waals surface area contributed by atoms with E-state index < -0.39 is 15.8 Å². The zero-order valence-corrected chi connectivity index (χ0v) is 13.2. The molecule has 0 heterocycles. The molecule has 116 valence electrons. The van der Waals surface area contributed by atoms with Crippen LogP contribution in [0.1, 0.15) is 27.7 Å². The Morgan fingerprint density at radius 1 is 1.24 bits per heavy atom. The molecule has 3 N–H and O–H groups in total. The van der Waals surface area contributed by atoms with Gasteiger partial charge in [0, 0.05) is 5.92 Å². The third-order valence-corrected chi connectivity index (χ3v) is 5.72. The number of sulfonamides is 1. The van der Waals surface area contributed by atoms with Gasteiger partial charge < -0.3 is 5.32 Å². The van der Waals surface area contributed by atoms with Gasteiger partial charge in [-0.15, -0.1) is 0 Å². The van der Waals surface area contributed by atoms with Crippen LogP contribution in [-0.2, 0) is 14.8 Å². The summed E-state index contributed by atoms with van der Waals surface area (Å²) in [5, 5.41) is 7.44. The Morgan fingerprint density at radius 3 is 2.14 bits per heavy atom. The topological polar surface area (TPSA) is 89.3 Å². The Balaban J connectivity index is 2.21. The van der Waals surface area contributed by atoms with Gasteiger partial charge in [-0.3, -0.25) is 4.79 Å². The van der Waals surface area contributed by atoms with Crippen molar-refractivity contribution in [2.45, 2.75) is 32.6 Å². The van der Waals surface area contributed by atoms with Crippen LogP contribution in [0, 0.1) is 22.6 Å². The number of anilines is 1. The molecular formula is C14H19FN2O3S. The summed E-state index contributed by atoms with van der Waals surface area (Å²) in [6.07, 6.45) is 0. The van der Waals surface area contributed by atoms with Gasteiger partial charge in [-0.1, -0.05) is 27.7 Å². The second kappa shape index (κ2) is 4.51. The van der Waals surface area contributed by atoms with Crippen LogP contribution in [0.15, 0.2) is 23.1 Å². The lowest BCUT2D eigenvalue weighted by molar-refractivity contribution is -0.118. The molecule has 0 aliphatic heterocycles. The fourth-order valence-electron chi connectivity index (χ4n) is 2.83. The number of nitrogens with two attached hydrogens (primary N) is 1. The van der Waals surface area contributed by atoms with Crippen molar-refractivity contribution >= 4 is 21.6 Å². The minimum absolute atomic E-state index is 0.0501. The predicted octanol–water partition coefficient (Wildman–Crippen LogP) is 2.09. The van der Waals surface area contributed by atoms with Crippen molar-refractivity contribution in [2.75, 3.05) is 5.32 Å². The van der Waals surface area contributed by atoms with Gasteiger partial charge in [0.15, 0.2) is 0 Å².